The maximum absolute atomic E-state index is 12.4. The topological polar surface area (TPSA) is 41.6 Å². The number of nitrogens with one attached hydrogen (secondary N) is 1. The van der Waals surface area contributed by atoms with Crippen LogP contribution in [0.3, 0.4) is 0 Å². The molecule has 0 aromatic heterocycles. The van der Waals surface area contributed by atoms with Crippen LogP contribution in [-0.4, -0.2) is 37.0 Å². The number of hydrogen-bond donors (Lipinski definition) is 1. The average molecular weight is 381 g/mol. The predicted octanol–water partition coefficient (Wildman–Crippen LogP) is 4.42. The van der Waals surface area contributed by atoms with Crippen LogP contribution in [-0.2, 0) is 4.79 Å². The van der Waals surface area contributed by atoms with Crippen LogP contribution in [0.4, 0.5) is 0 Å². The number of hydrogen-bond acceptors (Lipinski definition) is 3. The summed E-state index contributed by atoms with van der Waals surface area (Å²) in [5.41, 5.74) is 3.57. The third-order valence-electron chi connectivity index (χ3n) is 5.49. The number of likely N-dealkylation sites (tertiary alicyclic amines) is 1. The Morgan fingerprint density at radius 2 is 1.68 bits per heavy atom. The van der Waals surface area contributed by atoms with Crippen molar-refractivity contribution >= 4 is 5.91 Å². The van der Waals surface area contributed by atoms with Crippen molar-refractivity contribution in [2.45, 2.75) is 45.6 Å². The highest BCUT2D eigenvalue weighted by Crippen LogP contribution is 2.24. The normalized spacial score (nSPS) is 16.2. The molecule has 4 nitrogen and oxygen atoms in total. The second-order valence-corrected chi connectivity index (χ2v) is 7.73. The van der Waals surface area contributed by atoms with E-state index in [9.17, 15) is 4.79 Å². The summed E-state index contributed by atoms with van der Waals surface area (Å²) in [6.45, 7) is 6.93. The molecule has 1 saturated heterocycles. The van der Waals surface area contributed by atoms with Crippen LogP contribution in [0.5, 0.6) is 5.75 Å². The van der Waals surface area contributed by atoms with E-state index in [1.54, 1.807) is 0 Å². The van der Waals surface area contributed by atoms with Crippen molar-refractivity contribution in [2.75, 3.05) is 26.2 Å². The zero-order valence-electron chi connectivity index (χ0n) is 17.1. The molecule has 0 aliphatic carbocycles. The quantitative estimate of drug-likeness (QED) is 0.773. The van der Waals surface area contributed by atoms with Crippen molar-refractivity contribution in [3.63, 3.8) is 0 Å². The number of aryl methyl sites for hydroxylation is 2. The van der Waals surface area contributed by atoms with Crippen molar-refractivity contribution in [3.8, 4) is 5.75 Å². The van der Waals surface area contributed by atoms with Gasteiger partial charge in [-0.25, -0.2) is 0 Å². The van der Waals surface area contributed by atoms with Crippen LogP contribution in [0.25, 0.3) is 0 Å². The van der Waals surface area contributed by atoms with Gasteiger partial charge in [0.05, 0.1) is 6.04 Å². The van der Waals surface area contributed by atoms with E-state index in [4.69, 9.17) is 4.74 Å². The molecule has 1 aliphatic rings. The molecule has 0 saturated carbocycles. The first-order valence-corrected chi connectivity index (χ1v) is 10.4. The Bertz CT molecular complexity index is 749. The monoisotopic (exact) mass is 380 g/mol. The minimum absolute atomic E-state index is 0.0471. The van der Waals surface area contributed by atoms with Gasteiger partial charge in [-0.2, -0.15) is 0 Å². The smallest absolute Gasteiger partial charge is 0.258 e. The summed E-state index contributed by atoms with van der Waals surface area (Å²) in [4.78, 5) is 14.9. The van der Waals surface area contributed by atoms with Crippen molar-refractivity contribution in [1.82, 2.24) is 10.2 Å². The zero-order valence-corrected chi connectivity index (χ0v) is 17.1. The summed E-state index contributed by atoms with van der Waals surface area (Å²) >= 11 is 0. The molecule has 1 heterocycles. The first-order chi connectivity index (χ1) is 13.6. The van der Waals surface area contributed by atoms with E-state index >= 15 is 0 Å². The van der Waals surface area contributed by atoms with Crippen LogP contribution in [0, 0.1) is 13.8 Å². The van der Waals surface area contributed by atoms with Crippen molar-refractivity contribution in [3.05, 3.63) is 65.2 Å². The average Bonchev–Trinajstić information content (AvgIpc) is 2.98. The summed E-state index contributed by atoms with van der Waals surface area (Å²) in [5.74, 6) is 0.690. The standard InChI is InChI=1S/C24H32N2O2/c1-19-11-13-21(14-12-19)22(26-15-7-3-4-8-16-26)17-25-24(27)18-28-23-10-6-5-9-20(23)2/h5-6,9-14,22H,3-4,7-8,15-18H2,1-2H3,(H,25,27). The molecular formula is C24H32N2O2. The van der Waals surface area contributed by atoms with Crippen LogP contribution in [0.1, 0.15) is 48.4 Å². The zero-order chi connectivity index (χ0) is 19.8. The molecule has 1 N–H and O–H groups in total. The summed E-state index contributed by atoms with van der Waals surface area (Å²) in [6.07, 6.45) is 5.06. The third-order valence-corrected chi connectivity index (χ3v) is 5.49. The van der Waals surface area contributed by atoms with E-state index in [0.717, 1.165) is 24.4 Å². The van der Waals surface area contributed by atoms with Crippen LogP contribution in [0.2, 0.25) is 0 Å². The summed E-state index contributed by atoms with van der Waals surface area (Å²) < 4.78 is 5.69. The SMILES string of the molecule is Cc1ccc(C(CNC(=O)COc2ccccc2C)N2CCCCCC2)cc1. The first kappa shape index (κ1) is 20.4. The largest absolute Gasteiger partial charge is 0.484 e. The number of carbonyl (C=O) groups excluding carboxylic acids is 1. The van der Waals surface area contributed by atoms with Gasteiger partial charge in [0.1, 0.15) is 5.75 Å². The van der Waals surface area contributed by atoms with Gasteiger partial charge in [-0.15, -0.1) is 0 Å². The Balaban J connectivity index is 1.61. The van der Waals surface area contributed by atoms with Crippen molar-refractivity contribution in [1.29, 1.82) is 0 Å². The van der Waals surface area contributed by atoms with E-state index in [1.807, 2.05) is 31.2 Å². The van der Waals surface area contributed by atoms with Gasteiger partial charge in [-0.05, 0) is 57.0 Å². The first-order valence-electron chi connectivity index (χ1n) is 10.4. The van der Waals surface area contributed by atoms with Gasteiger partial charge in [0, 0.05) is 6.54 Å². The van der Waals surface area contributed by atoms with Crippen LogP contribution in [0.15, 0.2) is 48.5 Å². The number of nitrogens with zero attached hydrogens (tertiary/aromatic N) is 1. The van der Waals surface area contributed by atoms with Crippen molar-refractivity contribution in [2.24, 2.45) is 0 Å². The Hall–Kier alpha value is -2.33. The predicted molar refractivity (Wildman–Crippen MR) is 114 cm³/mol. The van der Waals surface area contributed by atoms with Gasteiger partial charge >= 0.3 is 0 Å². The van der Waals surface area contributed by atoms with Crippen LogP contribution >= 0.6 is 0 Å². The van der Waals surface area contributed by atoms with E-state index in [-0.39, 0.29) is 18.6 Å². The van der Waals surface area contributed by atoms with Gasteiger partial charge in [0.2, 0.25) is 0 Å². The lowest BCUT2D eigenvalue weighted by molar-refractivity contribution is -0.123. The Labute approximate surface area is 168 Å². The maximum Gasteiger partial charge on any atom is 0.258 e. The number of amides is 1. The molecular weight excluding hydrogens is 348 g/mol. The summed E-state index contributed by atoms with van der Waals surface area (Å²) in [6, 6.07) is 16.7. The highest BCUT2D eigenvalue weighted by atomic mass is 16.5. The number of para-hydroxylation sites is 1. The molecule has 3 rings (SSSR count). The second kappa shape index (κ2) is 10.3. The second-order valence-electron chi connectivity index (χ2n) is 7.73. The summed E-state index contributed by atoms with van der Waals surface area (Å²) in [5, 5.41) is 3.10. The molecule has 2 aromatic rings. The Morgan fingerprint density at radius 1 is 1.00 bits per heavy atom. The van der Waals surface area contributed by atoms with Crippen LogP contribution < -0.4 is 10.1 Å². The molecule has 0 radical (unpaired) electrons. The van der Waals surface area contributed by atoms with Gasteiger partial charge in [-0.1, -0.05) is 60.9 Å². The van der Waals surface area contributed by atoms with E-state index in [1.165, 1.54) is 36.8 Å². The number of benzene rings is 2. The molecule has 28 heavy (non-hydrogen) atoms. The molecule has 0 bridgehead atoms. The third kappa shape index (κ3) is 5.83. The van der Waals surface area contributed by atoms with E-state index < -0.39 is 0 Å². The molecule has 1 fully saturated rings. The number of ether oxygens (including phenoxy) is 1. The lowest BCUT2D eigenvalue weighted by atomic mass is 10.0. The highest BCUT2D eigenvalue weighted by Gasteiger charge is 2.22. The fourth-order valence-corrected chi connectivity index (χ4v) is 3.78. The summed E-state index contributed by atoms with van der Waals surface area (Å²) in [7, 11) is 0. The number of carbonyl (C=O) groups is 1. The van der Waals surface area contributed by atoms with Gasteiger partial charge in [0.15, 0.2) is 6.61 Å². The fourth-order valence-electron chi connectivity index (χ4n) is 3.78. The molecule has 4 heteroatoms. The molecule has 1 aliphatic heterocycles. The molecule has 1 atom stereocenters. The number of rotatable bonds is 7. The molecule has 2 aromatic carbocycles. The van der Waals surface area contributed by atoms with E-state index in [2.05, 4.69) is 41.4 Å². The molecule has 1 unspecified atom stereocenters. The minimum Gasteiger partial charge on any atom is -0.484 e. The van der Waals surface area contributed by atoms with E-state index in [0.29, 0.717) is 6.54 Å². The fraction of sp³-hybridized carbons (Fsp3) is 0.458. The Morgan fingerprint density at radius 3 is 2.36 bits per heavy atom. The lowest BCUT2D eigenvalue weighted by Crippen LogP contribution is -2.40. The highest BCUT2D eigenvalue weighted by molar-refractivity contribution is 5.77. The molecule has 150 valence electrons. The van der Waals surface area contributed by atoms with Gasteiger partial charge < -0.3 is 10.1 Å². The lowest BCUT2D eigenvalue weighted by Gasteiger charge is -2.31. The van der Waals surface area contributed by atoms with Gasteiger partial charge in [-0.3, -0.25) is 9.69 Å². The minimum atomic E-state index is -0.0739. The molecule has 1 amide bonds. The maximum atomic E-state index is 12.4. The van der Waals surface area contributed by atoms with Crippen molar-refractivity contribution < 1.29 is 9.53 Å². The Kier molecular flexibility index (Phi) is 7.49. The van der Waals surface area contributed by atoms with Gasteiger partial charge in [0.25, 0.3) is 5.91 Å². The molecule has 0 spiro atoms.